The molecule has 0 saturated carbocycles. The zero-order chi connectivity index (χ0) is 42.2. The van der Waals surface area contributed by atoms with Gasteiger partial charge in [0.05, 0.1) is 0 Å². The van der Waals surface area contributed by atoms with E-state index in [1.54, 1.807) is 12.1 Å². The van der Waals surface area contributed by atoms with Crippen LogP contribution >= 0.6 is 69.6 Å². The van der Waals surface area contributed by atoms with Gasteiger partial charge in [0, 0.05) is 0 Å². The van der Waals surface area contributed by atoms with Gasteiger partial charge in [0.1, 0.15) is 0 Å². The molecule has 2 aliphatic rings. The Labute approximate surface area is 407 Å². The molecule has 0 atom stereocenters. The molecule has 0 amide bonds. The van der Waals surface area contributed by atoms with Crippen LogP contribution in [0.5, 0.6) is 0 Å². The summed E-state index contributed by atoms with van der Waals surface area (Å²) in [6, 6.07) is 26.3. The quantitative estimate of drug-likeness (QED) is 0.122. The van der Waals surface area contributed by atoms with Crippen LogP contribution in [-0.2, 0) is 59.9 Å². The summed E-state index contributed by atoms with van der Waals surface area (Å²) >= 11 is 36.9. The van der Waals surface area contributed by atoms with Crippen LogP contribution in [0.1, 0.15) is 145 Å². The minimum absolute atomic E-state index is 0. The van der Waals surface area contributed by atoms with E-state index in [0.29, 0.717) is 11.1 Å². The maximum absolute atomic E-state index is 5.94. The third-order valence-corrected chi connectivity index (χ3v) is 12.5. The molecule has 58 heavy (non-hydrogen) atoms. The van der Waals surface area contributed by atoms with Crippen LogP contribution < -0.4 is 24.8 Å². The van der Waals surface area contributed by atoms with E-state index in [1.165, 1.54) is 68.7 Å². The number of alkyl halides is 6. The molecule has 0 aliphatic heterocycles. The first-order valence-electron chi connectivity index (χ1n) is 18.9. The molecule has 0 aromatic heterocycles. The van der Waals surface area contributed by atoms with E-state index >= 15 is 0 Å². The fourth-order valence-electron chi connectivity index (χ4n) is 6.83. The first kappa shape index (κ1) is 53.6. The van der Waals surface area contributed by atoms with E-state index < -0.39 is 7.59 Å². The topological polar surface area (TPSA) is 0 Å². The Hall–Kier alpha value is -0.567. The molecule has 4 aromatic rings. The van der Waals surface area contributed by atoms with Gasteiger partial charge in [0.2, 0.25) is 0 Å². The minimum Gasteiger partial charge on any atom is -1.00 e. The number of hydrogen-bond donors (Lipinski definition) is 0. The normalized spacial score (nSPS) is 13.6. The number of allylic oxidation sites excluding steroid dienone is 4. The molecular formula is C49H54Cl8Zr-2. The fraction of sp³-hybridized carbons (Fsp3) is 0.408. The van der Waals surface area contributed by atoms with Crippen molar-refractivity contribution in [3.63, 3.8) is 0 Å². The molecule has 9 heteroatoms. The Morgan fingerprint density at radius 2 is 1.02 bits per heavy atom. The van der Waals surface area contributed by atoms with E-state index in [9.17, 15) is 0 Å². The van der Waals surface area contributed by atoms with Gasteiger partial charge in [-0.1, -0.05) is 106 Å². The minimum atomic E-state index is -1.45. The summed E-state index contributed by atoms with van der Waals surface area (Å²) in [6.07, 6.45) is 11.0. The predicted molar refractivity (Wildman–Crippen MR) is 244 cm³/mol. The number of benzene rings is 4. The molecule has 0 spiro atoms. The molecule has 0 fully saturated rings. The molecule has 0 nitrogen and oxygen atoms in total. The second kappa shape index (κ2) is 20.3. The third kappa shape index (κ3) is 14.0. The molecule has 6 rings (SSSR count). The van der Waals surface area contributed by atoms with Gasteiger partial charge in [-0.2, -0.15) is 23.8 Å². The van der Waals surface area contributed by atoms with Crippen LogP contribution in [-0.4, -0.2) is 3.21 Å². The van der Waals surface area contributed by atoms with Crippen LogP contribution in [0.25, 0.3) is 11.1 Å². The summed E-state index contributed by atoms with van der Waals surface area (Å²) in [7, 11) is 0. The third-order valence-electron chi connectivity index (χ3n) is 9.78. The fourth-order valence-corrected chi connectivity index (χ4v) is 8.30. The molecular weight excluding hydrogens is 963 g/mol. The first-order valence-corrected chi connectivity index (χ1v) is 22.4. The van der Waals surface area contributed by atoms with Crippen LogP contribution in [0.3, 0.4) is 0 Å². The summed E-state index contributed by atoms with van der Waals surface area (Å²) in [5.74, 6) is 0. The van der Waals surface area contributed by atoms with Crippen LogP contribution in [0.4, 0.5) is 0 Å². The maximum Gasteiger partial charge on any atom is -0.109 e. The van der Waals surface area contributed by atoms with Gasteiger partial charge in [0.15, 0.2) is 0 Å². The molecule has 2 aliphatic carbocycles. The van der Waals surface area contributed by atoms with Crippen LogP contribution in [0.15, 0.2) is 85.0 Å². The number of halogens is 8. The monoisotopic (exact) mass is 1010 g/mol. The second-order valence-electron chi connectivity index (χ2n) is 18.7. The van der Waals surface area contributed by atoms with Crippen LogP contribution in [0.2, 0.25) is 0 Å². The first-order chi connectivity index (χ1) is 25.5. The van der Waals surface area contributed by atoms with Crippen molar-refractivity contribution in [3.8, 4) is 11.1 Å². The van der Waals surface area contributed by atoms with Crippen molar-refractivity contribution in [2.24, 2.45) is 0 Å². The summed E-state index contributed by atoms with van der Waals surface area (Å²) < 4.78 is -1.82. The Kier molecular flexibility index (Phi) is 18.7. The van der Waals surface area contributed by atoms with Crippen molar-refractivity contribution >= 4 is 72.8 Å². The van der Waals surface area contributed by atoms with Crippen molar-refractivity contribution in [2.45, 2.75) is 125 Å². The average Bonchev–Trinajstić information content (AvgIpc) is 3.77. The van der Waals surface area contributed by atoms with E-state index in [0.717, 1.165) is 27.2 Å². The summed E-state index contributed by atoms with van der Waals surface area (Å²) in [5.41, 5.74) is 15.1. The molecule has 0 heterocycles. The van der Waals surface area contributed by atoms with E-state index in [4.69, 9.17) is 69.6 Å². The summed E-state index contributed by atoms with van der Waals surface area (Å²) in [5, 5.41) is 0. The van der Waals surface area contributed by atoms with Crippen molar-refractivity contribution < 1.29 is 49.0 Å². The van der Waals surface area contributed by atoms with Gasteiger partial charge in [-0.25, -0.2) is 12.2 Å². The van der Waals surface area contributed by atoms with E-state index in [2.05, 4.69) is 120 Å². The molecule has 0 unspecified atom stereocenters. The Balaban J connectivity index is 0.000000354. The van der Waals surface area contributed by atoms with Gasteiger partial charge in [-0.3, -0.25) is 6.08 Å². The van der Waals surface area contributed by atoms with Gasteiger partial charge >= 0.3 is 175 Å². The maximum atomic E-state index is 5.94. The van der Waals surface area contributed by atoms with Gasteiger partial charge in [-0.15, -0.1) is 23.1 Å². The number of hydrogen-bond acceptors (Lipinski definition) is 0. The summed E-state index contributed by atoms with van der Waals surface area (Å²) in [6.45, 7) is 28.0. The van der Waals surface area contributed by atoms with Crippen molar-refractivity contribution in [3.05, 3.63) is 153 Å². The van der Waals surface area contributed by atoms with E-state index in [1.807, 2.05) is 48.6 Å². The van der Waals surface area contributed by atoms with Crippen molar-refractivity contribution in [1.29, 1.82) is 0 Å². The molecule has 312 valence electrons. The van der Waals surface area contributed by atoms with Crippen molar-refractivity contribution in [1.82, 2.24) is 0 Å². The smallest absolute Gasteiger partial charge is 0.109 e. The Bertz CT molecular complexity index is 1970. The Morgan fingerprint density at radius 1 is 0.569 bits per heavy atom. The second-order valence-corrected chi connectivity index (χ2v) is 24.5. The van der Waals surface area contributed by atoms with E-state index in [-0.39, 0.29) is 46.5 Å². The molecule has 0 radical (unpaired) electrons. The largest absolute Gasteiger partial charge is 1.00 e. The number of fused-ring (bicyclic) bond motifs is 3. The SMILES string of the molecule is CC(C)(C)c1[c-]c2c(cc1C(C)(C)C)-c1cc(C(C)(C)C)c(C(C)(C)C)cc1C2.ClC(Cl)(Cl)c1cccc([C](=[Zr+2])c2cccc(C(Cl)(Cl)Cl)c2)c1.[C-]1=CC=CC1.[Cl-].[Cl-]. The molecule has 4 aromatic carbocycles. The predicted octanol–water partition coefficient (Wildman–Crippen LogP) is 10.0. The van der Waals surface area contributed by atoms with Gasteiger partial charge in [0.25, 0.3) is 0 Å². The number of rotatable bonds is 2. The molecule has 0 saturated heterocycles. The van der Waals surface area contributed by atoms with Crippen molar-refractivity contribution in [2.75, 3.05) is 0 Å². The zero-order valence-corrected chi connectivity index (χ0v) is 44.0. The molecule has 0 N–H and O–H groups in total. The Morgan fingerprint density at radius 3 is 1.38 bits per heavy atom. The molecule has 0 bridgehead atoms. The standard InChI is InChI=1S/C29H41.C15H8Cl6.C5H5.2ClH.Zr/c1-26(2,3)22-14-18-13-19-15-23(27(4,5)6)25(29(10,11)12)17-21(19)20(18)16-24(22)28(7,8)9;16-14(17,18)12-5-1-3-10(8-12)7-11-4-2-6-13(9-11)15(19,20)21;1-2-4-5-3-1;;;/h14,16-17H,13H2,1-12H3;1-6,8-9H;1-3H,4H2;2*1H;/q-1;;-1;;;+2/p-2. The summed E-state index contributed by atoms with van der Waals surface area (Å²) in [4.78, 5) is 0. The van der Waals surface area contributed by atoms with Gasteiger partial charge in [-0.05, 0) is 39.4 Å². The van der Waals surface area contributed by atoms with Crippen LogP contribution in [0, 0.1) is 12.1 Å². The average molecular weight is 1020 g/mol. The zero-order valence-electron chi connectivity index (χ0n) is 35.5. The van der Waals surface area contributed by atoms with Gasteiger partial charge < -0.3 is 24.8 Å².